The first-order chi connectivity index (χ1) is 15.4. The molecular weight excluding hydrogens is 444 g/mol. The average molecular weight is 467 g/mol. The maximum Gasteiger partial charge on any atom is 0.265 e. The molecule has 1 fully saturated rings. The van der Waals surface area contributed by atoms with Crippen molar-refractivity contribution in [3.05, 3.63) is 76.8 Å². The predicted octanol–water partition coefficient (Wildman–Crippen LogP) is 4.25. The van der Waals surface area contributed by atoms with Gasteiger partial charge >= 0.3 is 0 Å². The summed E-state index contributed by atoms with van der Waals surface area (Å²) in [4.78, 5) is 14.5. The fourth-order valence-corrected chi connectivity index (χ4v) is 6.56. The number of aryl methyl sites for hydroxylation is 1. The summed E-state index contributed by atoms with van der Waals surface area (Å²) >= 11 is 1.40. The van der Waals surface area contributed by atoms with E-state index in [0.29, 0.717) is 35.8 Å². The molecule has 0 bridgehead atoms. The van der Waals surface area contributed by atoms with E-state index in [1.807, 2.05) is 35.9 Å². The van der Waals surface area contributed by atoms with Crippen LogP contribution in [0.2, 0.25) is 0 Å². The monoisotopic (exact) mass is 466 g/mol. The molecule has 164 valence electrons. The van der Waals surface area contributed by atoms with Gasteiger partial charge in [-0.3, -0.25) is 13.8 Å². The van der Waals surface area contributed by atoms with Gasteiger partial charge in [-0.2, -0.15) is 5.10 Å². The Morgan fingerprint density at radius 2 is 1.94 bits per heavy atom. The molecule has 5 rings (SSSR count). The zero-order valence-corrected chi connectivity index (χ0v) is 19.1. The zero-order valence-electron chi connectivity index (χ0n) is 17.5. The van der Waals surface area contributed by atoms with Gasteiger partial charge in [-0.25, -0.2) is 8.42 Å². The largest absolute Gasteiger partial charge is 0.321 e. The van der Waals surface area contributed by atoms with Crippen LogP contribution < -0.4 is 9.62 Å². The van der Waals surface area contributed by atoms with Gasteiger partial charge in [0.05, 0.1) is 28.6 Å². The number of hydrogen-bond donors (Lipinski definition) is 1. The number of thiophene rings is 1. The van der Waals surface area contributed by atoms with Crippen LogP contribution in [0, 0.1) is 6.92 Å². The molecule has 1 N–H and O–H groups in total. The van der Waals surface area contributed by atoms with Crippen LogP contribution in [0.5, 0.6) is 0 Å². The summed E-state index contributed by atoms with van der Waals surface area (Å²) in [6, 6.07) is 18.9. The lowest BCUT2D eigenvalue weighted by Gasteiger charge is -2.17. The number of amides is 1. The Balaban J connectivity index is 1.39. The van der Waals surface area contributed by atoms with Gasteiger partial charge in [-0.1, -0.05) is 36.4 Å². The lowest BCUT2D eigenvalue weighted by molar-refractivity contribution is 0.103. The molecule has 0 spiro atoms. The number of rotatable bonds is 5. The highest BCUT2D eigenvalue weighted by Gasteiger charge is 2.28. The molecule has 0 atom stereocenters. The number of sulfonamides is 1. The molecule has 0 saturated carbocycles. The maximum atomic E-state index is 13.0. The van der Waals surface area contributed by atoms with Crippen LogP contribution in [0.25, 0.3) is 10.2 Å². The summed E-state index contributed by atoms with van der Waals surface area (Å²) < 4.78 is 27.8. The summed E-state index contributed by atoms with van der Waals surface area (Å²) in [5.41, 5.74) is 3.16. The first-order valence-corrected chi connectivity index (χ1v) is 12.8. The number of carbonyl (C=O) groups is 1. The van der Waals surface area contributed by atoms with Gasteiger partial charge in [-0.15, -0.1) is 11.3 Å². The molecule has 7 nitrogen and oxygen atoms in total. The Morgan fingerprint density at radius 3 is 2.69 bits per heavy atom. The molecule has 4 aromatic rings. The van der Waals surface area contributed by atoms with E-state index in [4.69, 9.17) is 0 Å². The Morgan fingerprint density at radius 1 is 1.12 bits per heavy atom. The molecule has 9 heteroatoms. The second-order valence-corrected chi connectivity index (χ2v) is 10.8. The highest BCUT2D eigenvalue weighted by Crippen LogP contribution is 2.30. The molecule has 32 heavy (non-hydrogen) atoms. The van der Waals surface area contributed by atoms with Crippen molar-refractivity contribution < 1.29 is 13.2 Å². The molecule has 0 aliphatic carbocycles. The van der Waals surface area contributed by atoms with Crippen LogP contribution in [-0.2, 0) is 16.6 Å². The van der Waals surface area contributed by atoms with Gasteiger partial charge in [-0.05, 0) is 43.2 Å². The number of aromatic nitrogens is 2. The Labute approximate surface area is 190 Å². The SMILES string of the molecule is Cc1nn(Cc2ccccc2)c2sc(C(=O)Nc3cccc(N4CCCS4(=O)=O)c3)cc12. The van der Waals surface area contributed by atoms with Crippen molar-refractivity contribution >= 4 is 48.9 Å². The van der Waals surface area contributed by atoms with Crippen LogP contribution in [0.4, 0.5) is 11.4 Å². The standard InChI is InChI=1S/C23H22N4O3S2/c1-16-20-14-21(31-23(20)26(25-16)15-17-7-3-2-4-8-17)22(28)24-18-9-5-10-19(13-18)27-11-6-12-32(27,29)30/h2-5,7-10,13-14H,6,11-12,15H2,1H3,(H,24,28). The predicted molar refractivity (Wildman–Crippen MR) is 128 cm³/mol. The summed E-state index contributed by atoms with van der Waals surface area (Å²) in [5, 5.41) is 8.51. The highest BCUT2D eigenvalue weighted by molar-refractivity contribution is 7.93. The van der Waals surface area contributed by atoms with E-state index in [9.17, 15) is 13.2 Å². The topological polar surface area (TPSA) is 84.3 Å². The molecule has 2 aromatic heterocycles. The highest BCUT2D eigenvalue weighted by atomic mass is 32.2. The minimum atomic E-state index is -3.27. The second-order valence-electron chi connectivity index (χ2n) is 7.80. The van der Waals surface area contributed by atoms with Crippen LogP contribution in [0.15, 0.2) is 60.7 Å². The number of carbonyl (C=O) groups excluding carboxylic acids is 1. The summed E-state index contributed by atoms with van der Waals surface area (Å²) in [6.07, 6.45) is 0.611. The van der Waals surface area contributed by atoms with E-state index >= 15 is 0 Å². The van der Waals surface area contributed by atoms with Crippen molar-refractivity contribution in [1.82, 2.24) is 9.78 Å². The van der Waals surface area contributed by atoms with Crippen molar-refractivity contribution in [2.45, 2.75) is 19.9 Å². The van der Waals surface area contributed by atoms with Crippen LogP contribution in [0.1, 0.15) is 27.3 Å². The number of hydrogen-bond acceptors (Lipinski definition) is 5. The summed E-state index contributed by atoms with van der Waals surface area (Å²) in [5.74, 6) is -0.0663. The number of fused-ring (bicyclic) bond motifs is 1. The Bertz CT molecular complexity index is 1410. The maximum absolute atomic E-state index is 13.0. The van der Waals surface area contributed by atoms with Crippen LogP contribution >= 0.6 is 11.3 Å². The Hall–Kier alpha value is -3.17. The number of nitrogens with one attached hydrogen (secondary N) is 1. The van der Waals surface area contributed by atoms with Crippen molar-refractivity contribution in [3.63, 3.8) is 0 Å². The zero-order chi connectivity index (χ0) is 22.3. The fourth-order valence-electron chi connectivity index (χ4n) is 3.95. The van der Waals surface area contributed by atoms with Crippen molar-refractivity contribution in [1.29, 1.82) is 0 Å². The average Bonchev–Trinajstić information content (AvgIpc) is 3.44. The van der Waals surface area contributed by atoms with Gasteiger partial charge in [0.15, 0.2) is 0 Å². The summed E-state index contributed by atoms with van der Waals surface area (Å²) in [7, 11) is -3.27. The van der Waals surface area contributed by atoms with Gasteiger partial charge in [0.2, 0.25) is 10.0 Å². The molecule has 3 heterocycles. The number of anilines is 2. The molecule has 1 amide bonds. The quantitative estimate of drug-likeness (QED) is 0.477. The second kappa shape index (κ2) is 8.07. The fraction of sp³-hybridized carbons (Fsp3) is 0.217. The third-order valence-corrected chi connectivity index (χ3v) is 8.51. The first-order valence-electron chi connectivity index (χ1n) is 10.3. The van der Waals surface area contributed by atoms with E-state index < -0.39 is 10.0 Å². The molecule has 1 aliphatic rings. The van der Waals surface area contributed by atoms with Crippen molar-refractivity contribution in [3.8, 4) is 0 Å². The van der Waals surface area contributed by atoms with E-state index in [2.05, 4.69) is 22.5 Å². The molecule has 1 aliphatic heterocycles. The molecule has 0 unspecified atom stereocenters. The van der Waals surface area contributed by atoms with Crippen LogP contribution in [-0.4, -0.2) is 36.4 Å². The van der Waals surface area contributed by atoms with Gasteiger partial charge in [0.25, 0.3) is 5.91 Å². The number of nitrogens with zero attached hydrogens (tertiary/aromatic N) is 3. The van der Waals surface area contributed by atoms with Crippen molar-refractivity contribution in [2.75, 3.05) is 21.9 Å². The minimum Gasteiger partial charge on any atom is -0.321 e. The van der Waals surface area contributed by atoms with E-state index in [0.717, 1.165) is 21.5 Å². The molecular formula is C23H22N4O3S2. The minimum absolute atomic E-state index is 0.157. The van der Waals surface area contributed by atoms with Gasteiger partial charge < -0.3 is 5.32 Å². The van der Waals surface area contributed by atoms with E-state index in [-0.39, 0.29) is 11.7 Å². The van der Waals surface area contributed by atoms with E-state index in [1.54, 1.807) is 24.3 Å². The Kier molecular flexibility index (Phi) is 5.22. The van der Waals surface area contributed by atoms with Crippen molar-refractivity contribution in [2.24, 2.45) is 0 Å². The number of benzene rings is 2. The van der Waals surface area contributed by atoms with Crippen LogP contribution in [0.3, 0.4) is 0 Å². The van der Waals surface area contributed by atoms with E-state index in [1.165, 1.54) is 15.6 Å². The molecule has 1 saturated heterocycles. The lowest BCUT2D eigenvalue weighted by Crippen LogP contribution is -2.25. The lowest BCUT2D eigenvalue weighted by atomic mass is 10.2. The summed E-state index contributed by atoms with van der Waals surface area (Å²) in [6.45, 7) is 3.05. The molecule has 2 aromatic carbocycles. The third kappa shape index (κ3) is 3.89. The van der Waals surface area contributed by atoms with Gasteiger partial charge in [0, 0.05) is 17.6 Å². The molecule has 0 radical (unpaired) electrons. The first kappa shape index (κ1) is 20.7. The van der Waals surface area contributed by atoms with Gasteiger partial charge in [0.1, 0.15) is 4.83 Å². The third-order valence-electron chi connectivity index (χ3n) is 5.50. The normalized spacial score (nSPS) is 15.3. The smallest absolute Gasteiger partial charge is 0.265 e.